The van der Waals surface area contributed by atoms with Crippen molar-refractivity contribution in [3.05, 3.63) is 34.7 Å². The number of rotatable bonds is 6. The van der Waals surface area contributed by atoms with E-state index in [1.165, 1.54) is 6.07 Å². The van der Waals surface area contributed by atoms with E-state index >= 15 is 0 Å². The number of halogens is 1. The lowest BCUT2D eigenvalue weighted by atomic mass is 10.4. The van der Waals surface area contributed by atoms with Crippen LogP contribution in [0.4, 0.5) is 5.82 Å². The normalized spacial score (nSPS) is 11.6. The molecule has 0 bridgehead atoms. The number of nitrogens with one attached hydrogen (secondary N) is 2. The topological polar surface area (TPSA) is 88.9 Å². The van der Waals surface area contributed by atoms with Gasteiger partial charge < -0.3 is 5.32 Å². The first-order chi connectivity index (χ1) is 9.92. The van der Waals surface area contributed by atoms with Gasteiger partial charge in [-0.25, -0.2) is 18.1 Å². The van der Waals surface area contributed by atoms with Gasteiger partial charge in [-0.3, -0.25) is 4.68 Å². The van der Waals surface area contributed by atoms with Gasteiger partial charge in [0.25, 0.3) is 0 Å². The summed E-state index contributed by atoms with van der Waals surface area (Å²) in [5.41, 5.74) is 0.647. The van der Waals surface area contributed by atoms with Gasteiger partial charge in [0.05, 0.1) is 12.2 Å². The molecule has 2 aromatic heterocycles. The lowest BCUT2D eigenvalue weighted by Crippen LogP contribution is -2.25. The molecule has 0 saturated heterocycles. The Morgan fingerprint density at radius 2 is 2.19 bits per heavy atom. The Balaban J connectivity index is 2.24. The molecule has 0 fully saturated rings. The molecule has 0 aromatic carbocycles. The monoisotopic (exact) mass is 373 g/mol. The van der Waals surface area contributed by atoms with Gasteiger partial charge in [-0.1, -0.05) is 0 Å². The molecular weight excluding hydrogens is 358 g/mol. The molecule has 0 aliphatic rings. The van der Waals surface area contributed by atoms with Crippen molar-refractivity contribution in [3.8, 4) is 0 Å². The average molecular weight is 374 g/mol. The highest BCUT2D eigenvalue weighted by Gasteiger charge is 2.20. The second kappa shape index (κ2) is 6.54. The van der Waals surface area contributed by atoms with Crippen molar-refractivity contribution < 1.29 is 8.42 Å². The maximum atomic E-state index is 12.4. The van der Waals surface area contributed by atoms with Crippen LogP contribution in [0.25, 0.3) is 0 Å². The maximum Gasteiger partial charge on any atom is 0.244 e. The quantitative estimate of drug-likeness (QED) is 0.800. The summed E-state index contributed by atoms with van der Waals surface area (Å²) in [6, 6.07) is 3.28. The molecule has 0 radical (unpaired) electrons. The SMILES string of the molecule is CCNc1ncc(Br)cc1S(=O)(=O)NCc1ccn(C)n1. The van der Waals surface area contributed by atoms with Gasteiger partial charge in [0.1, 0.15) is 10.7 Å². The Kier molecular flexibility index (Phi) is 4.96. The highest BCUT2D eigenvalue weighted by Crippen LogP contribution is 2.22. The Labute approximate surface area is 132 Å². The highest BCUT2D eigenvalue weighted by molar-refractivity contribution is 9.10. The predicted molar refractivity (Wildman–Crippen MR) is 83.3 cm³/mol. The van der Waals surface area contributed by atoms with E-state index < -0.39 is 10.0 Å². The maximum absolute atomic E-state index is 12.4. The second-order valence-electron chi connectivity index (χ2n) is 4.34. The first-order valence-electron chi connectivity index (χ1n) is 6.30. The van der Waals surface area contributed by atoms with Crippen LogP contribution >= 0.6 is 15.9 Å². The number of sulfonamides is 1. The van der Waals surface area contributed by atoms with Gasteiger partial charge in [-0.15, -0.1) is 0 Å². The number of aryl methyl sites for hydroxylation is 1. The third kappa shape index (κ3) is 4.02. The molecule has 2 heterocycles. The van der Waals surface area contributed by atoms with E-state index in [0.717, 1.165) is 0 Å². The Morgan fingerprint density at radius 3 is 2.81 bits per heavy atom. The Morgan fingerprint density at radius 1 is 1.43 bits per heavy atom. The molecule has 0 atom stereocenters. The molecule has 114 valence electrons. The van der Waals surface area contributed by atoms with Crippen molar-refractivity contribution >= 4 is 31.8 Å². The van der Waals surface area contributed by atoms with E-state index in [0.29, 0.717) is 22.5 Å². The van der Waals surface area contributed by atoms with E-state index in [9.17, 15) is 8.42 Å². The summed E-state index contributed by atoms with van der Waals surface area (Å²) in [6.45, 7) is 2.58. The zero-order valence-corrected chi connectivity index (χ0v) is 14.1. The Bertz CT molecular complexity index is 729. The summed E-state index contributed by atoms with van der Waals surface area (Å²) >= 11 is 3.24. The summed E-state index contributed by atoms with van der Waals surface area (Å²) < 4.78 is 29.6. The van der Waals surface area contributed by atoms with E-state index in [1.54, 1.807) is 30.2 Å². The fourth-order valence-electron chi connectivity index (χ4n) is 1.73. The van der Waals surface area contributed by atoms with Crippen molar-refractivity contribution in [2.45, 2.75) is 18.4 Å². The van der Waals surface area contributed by atoms with E-state index in [-0.39, 0.29) is 11.4 Å². The lowest BCUT2D eigenvalue weighted by Gasteiger charge is -2.11. The van der Waals surface area contributed by atoms with Gasteiger partial charge in [-0.05, 0) is 35.0 Å². The van der Waals surface area contributed by atoms with Crippen molar-refractivity contribution in [1.29, 1.82) is 0 Å². The van der Waals surface area contributed by atoms with Crippen molar-refractivity contribution in [3.63, 3.8) is 0 Å². The number of hydrogen-bond donors (Lipinski definition) is 2. The van der Waals surface area contributed by atoms with Crippen LogP contribution in [0, 0.1) is 0 Å². The molecule has 0 saturated carbocycles. The fourth-order valence-corrected chi connectivity index (χ4v) is 3.37. The van der Waals surface area contributed by atoms with E-state index in [1.807, 2.05) is 6.92 Å². The fraction of sp³-hybridized carbons (Fsp3) is 0.333. The molecule has 2 aromatic rings. The van der Waals surface area contributed by atoms with Gasteiger partial charge in [-0.2, -0.15) is 5.10 Å². The summed E-state index contributed by atoms with van der Waals surface area (Å²) in [5, 5.41) is 7.07. The first-order valence-corrected chi connectivity index (χ1v) is 8.57. The standard InChI is InChI=1S/C12H16BrN5O2S/c1-3-14-12-11(6-9(13)7-15-12)21(19,20)16-8-10-4-5-18(2)17-10/h4-7,16H,3,8H2,1-2H3,(H,14,15). The molecule has 0 aliphatic heterocycles. The second-order valence-corrected chi connectivity index (χ2v) is 6.99. The molecule has 2 rings (SSSR count). The van der Waals surface area contributed by atoms with Crippen LogP contribution in [0.3, 0.4) is 0 Å². The minimum absolute atomic E-state index is 0.106. The van der Waals surface area contributed by atoms with Crippen molar-refractivity contribution in [2.24, 2.45) is 7.05 Å². The van der Waals surface area contributed by atoms with Gasteiger partial charge in [0.2, 0.25) is 10.0 Å². The summed E-state index contributed by atoms with van der Waals surface area (Å²) in [4.78, 5) is 4.20. The van der Waals surface area contributed by atoms with E-state index in [4.69, 9.17) is 0 Å². The third-order valence-electron chi connectivity index (χ3n) is 2.67. The van der Waals surface area contributed by atoms with Gasteiger partial charge in [0, 0.05) is 30.5 Å². The number of hydrogen-bond acceptors (Lipinski definition) is 5. The smallest absolute Gasteiger partial charge is 0.244 e. The van der Waals surface area contributed by atoms with Crippen LogP contribution in [-0.2, 0) is 23.6 Å². The van der Waals surface area contributed by atoms with Crippen molar-refractivity contribution in [2.75, 3.05) is 11.9 Å². The lowest BCUT2D eigenvalue weighted by molar-refractivity contribution is 0.579. The predicted octanol–water partition coefficient (Wildman–Crippen LogP) is 1.49. The minimum Gasteiger partial charge on any atom is -0.369 e. The largest absolute Gasteiger partial charge is 0.369 e. The molecule has 0 unspecified atom stereocenters. The third-order valence-corrected chi connectivity index (χ3v) is 4.51. The number of pyridine rings is 1. The first kappa shape index (κ1) is 15.9. The summed E-state index contributed by atoms with van der Waals surface area (Å²) in [7, 11) is -1.90. The number of aromatic nitrogens is 3. The molecule has 9 heteroatoms. The molecule has 0 aliphatic carbocycles. The molecule has 21 heavy (non-hydrogen) atoms. The average Bonchev–Trinajstić information content (AvgIpc) is 2.85. The van der Waals surface area contributed by atoms with Crippen LogP contribution in [-0.4, -0.2) is 29.7 Å². The molecule has 7 nitrogen and oxygen atoms in total. The van der Waals surface area contributed by atoms with Crippen LogP contribution in [0.15, 0.2) is 33.9 Å². The van der Waals surface area contributed by atoms with Crippen molar-refractivity contribution in [1.82, 2.24) is 19.5 Å². The molecule has 2 N–H and O–H groups in total. The van der Waals surface area contributed by atoms with Crippen LogP contribution in [0.5, 0.6) is 0 Å². The number of anilines is 1. The molecule has 0 amide bonds. The number of nitrogens with zero attached hydrogens (tertiary/aromatic N) is 3. The minimum atomic E-state index is -3.68. The van der Waals surface area contributed by atoms with Crippen LogP contribution in [0.2, 0.25) is 0 Å². The highest BCUT2D eigenvalue weighted by atomic mass is 79.9. The zero-order valence-electron chi connectivity index (χ0n) is 11.7. The molecule has 0 spiro atoms. The summed E-state index contributed by atoms with van der Waals surface area (Å²) in [6.07, 6.45) is 3.31. The Hall–Kier alpha value is -1.45. The van der Waals surface area contributed by atoms with E-state index in [2.05, 4.69) is 36.1 Å². The zero-order chi connectivity index (χ0) is 15.5. The summed E-state index contributed by atoms with van der Waals surface area (Å²) in [5.74, 6) is 0.328. The van der Waals surface area contributed by atoms with Crippen LogP contribution < -0.4 is 10.0 Å². The van der Waals surface area contributed by atoms with Gasteiger partial charge >= 0.3 is 0 Å². The molecular formula is C12H16BrN5O2S. The van der Waals surface area contributed by atoms with Crippen LogP contribution in [0.1, 0.15) is 12.6 Å². The van der Waals surface area contributed by atoms with Gasteiger partial charge in [0.15, 0.2) is 0 Å².